The quantitative estimate of drug-likeness (QED) is 0.435. The zero-order chi connectivity index (χ0) is 21.9. The van der Waals surface area contributed by atoms with Crippen LogP contribution in [0, 0.1) is 17.0 Å². The summed E-state index contributed by atoms with van der Waals surface area (Å²) in [5.41, 5.74) is 0.505. The fourth-order valence-electron chi connectivity index (χ4n) is 2.39. The molecule has 1 heterocycles. The number of nitrogens with zero attached hydrogens (tertiary/aromatic N) is 3. The van der Waals surface area contributed by atoms with Gasteiger partial charge in [-0.25, -0.2) is 23.1 Å². The monoisotopic (exact) mass is 447 g/mol. The van der Waals surface area contributed by atoms with Crippen LogP contribution in [-0.4, -0.2) is 29.2 Å². The van der Waals surface area contributed by atoms with E-state index in [2.05, 4.69) is 20.0 Å². The Kier molecular flexibility index (Phi) is 5.94. The number of hydrogen-bond donors (Lipinski definition) is 2. The number of carbonyl (C=O) groups excluding carboxylic acids is 1. The van der Waals surface area contributed by atoms with Crippen molar-refractivity contribution in [1.29, 1.82) is 0 Å². The maximum atomic E-state index is 12.5. The number of rotatable bonds is 6. The maximum Gasteiger partial charge on any atom is 0.270 e. The molecular weight excluding hydrogens is 434 g/mol. The number of nitro groups is 1. The first-order valence-electron chi connectivity index (χ1n) is 8.33. The second kappa shape index (κ2) is 8.43. The molecule has 154 valence electrons. The standard InChI is InChI=1S/C18H14ClN5O5S/c1-11-8-9-20-18(21-11)23-30(28,29)14-5-2-12(3-6-14)22-17(25)15-10-13(24(26)27)4-7-16(15)19/h2-10H,1H3,(H,22,25)(H,20,21,23). The molecule has 3 rings (SSSR count). The number of benzene rings is 2. The summed E-state index contributed by atoms with van der Waals surface area (Å²) >= 11 is 5.95. The number of anilines is 2. The van der Waals surface area contributed by atoms with Gasteiger partial charge in [-0.15, -0.1) is 0 Å². The van der Waals surface area contributed by atoms with Gasteiger partial charge in [0.15, 0.2) is 0 Å². The summed E-state index contributed by atoms with van der Waals surface area (Å²) in [5.74, 6) is -0.738. The summed E-state index contributed by atoms with van der Waals surface area (Å²) in [6.45, 7) is 1.70. The summed E-state index contributed by atoms with van der Waals surface area (Å²) in [6, 6.07) is 10.4. The van der Waals surface area contributed by atoms with Crippen molar-refractivity contribution in [3.8, 4) is 0 Å². The average Bonchev–Trinajstić information content (AvgIpc) is 2.68. The third-order valence-corrected chi connectivity index (χ3v) is 5.52. The van der Waals surface area contributed by atoms with Crippen LogP contribution >= 0.6 is 11.6 Å². The average molecular weight is 448 g/mol. The number of nitrogens with one attached hydrogen (secondary N) is 2. The largest absolute Gasteiger partial charge is 0.322 e. The van der Waals surface area contributed by atoms with Crippen LogP contribution in [0.3, 0.4) is 0 Å². The Morgan fingerprint density at radius 1 is 1.13 bits per heavy atom. The summed E-state index contributed by atoms with van der Waals surface area (Å²) in [4.78, 5) is 30.4. The highest BCUT2D eigenvalue weighted by Gasteiger charge is 2.18. The summed E-state index contributed by atoms with van der Waals surface area (Å²) in [6.07, 6.45) is 1.43. The van der Waals surface area contributed by atoms with Crippen molar-refractivity contribution >= 4 is 44.9 Å². The molecular formula is C18H14ClN5O5S. The molecule has 0 spiro atoms. The number of halogens is 1. The predicted molar refractivity (Wildman–Crippen MR) is 110 cm³/mol. The van der Waals surface area contributed by atoms with E-state index >= 15 is 0 Å². The van der Waals surface area contributed by atoms with Crippen LogP contribution in [-0.2, 0) is 10.0 Å². The van der Waals surface area contributed by atoms with Crippen molar-refractivity contribution < 1.29 is 18.1 Å². The van der Waals surface area contributed by atoms with E-state index in [9.17, 15) is 23.3 Å². The van der Waals surface area contributed by atoms with Crippen LogP contribution in [0.15, 0.2) is 59.6 Å². The number of amides is 1. The van der Waals surface area contributed by atoms with Crippen molar-refractivity contribution in [3.05, 3.63) is 81.1 Å². The Hall–Kier alpha value is -3.57. The molecule has 0 aliphatic heterocycles. The molecule has 3 aromatic rings. The van der Waals surface area contributed by atoms with Gasteiger partial charge in [-0.2, -0.15) is 0 Å². The first-order valence-corrected chi connectivity index (χ1v) is 10.2. The van der Waals surface area contributed by atoms with E-state index in [1.165, 1.54) is 42.6 Å². The van der Waals surface area contributed by atoms with Crippen LogP contribution in [0.25, 0.3) is 0 Å². The molecule has 10 nitrogen and oxygen atoms in total. The molecule has 0 saturated carbocycles. The van der Waals surface area contributed by atoms with Crippen LogP contribution in [0.5, 0.6) is 0 Å². The van der Waals surface area contributed by atoms with E-state index in [1.807, 2.05) is 0 Å². The molecule has 2 aromatic carbocycles. The van der Waals surface area contributed by atoms with Gasteiger partial charge < -0.3 is 5.32 Å². The molecule has 0 fully saturated rings. The number of nitro benzene ring substituents is 1. The normalized spacial score (nSPS) is 11.0. The Bertz CT molecular complexity index is 1230. The van der Waals surface area contributed by atoms with Gasteiger partial charge in [-0.05, 0) is 43.3 Å². The lowest BCUT2D eigenvalue weighted by Crippen LogP contribution is -2.16. The van der Waals surface area contributed by atoms with Gasteiger partial charge >= 0.3 is 0 Å². The minimum atomic E-state index is -3.93. The molecule has 0 bridgehead atoms. The van der Waals surface area contributed by atoms with E-state index in [0.29, 0.717) is 5.69 Å². The Labute approximate surface area is 176 Å². The van der Waals surface area contributed by atoms with E-state index in [0.717, 1.165) is 6.07 Å². The van der Waals surface area contributed by atoms with Gasteiger partial charge in [0.1, 0.15) is 0 Å². The SMILES string of the molecule is Cc1ccnc(NS(=O)(=O)c2ccc(NC(=O)c3cc([N+](=O)[O-])ccc3Cl)cc2)n1. The lowest BCUT2D eigenvalue weighted by molar-refractivity contribution is -0.384. The molecule has 12 heteroatoms. The summed E-state index contributed by atoms with van der Waals surface area (Å²) in [7, 11) is -3.93. The van der Waals surface area contributed by atoms with Crippen molar-refractivity contribution in [1.82, 2.24) is 9.97 Å². The van der Waals surface area contributed by atoms with Crippen LogP contribution < -0.4 is 10.0 Å². The molecule has 0 aliphatic rings. The van der Waals surface area contributed by atoms with Crippen LogP contribution in [0.2, 0.25) is 5.02 Å². The van der Waals surface area contributed by atoms with Gasteiger partial charge in [0.2, 0.25) is 5.95 Å². The molecule has 0 radical (unpaired) electrons. The minimum absolute atomic E-state index is 0.0413. The van der Waals surface area contributed by atoms with Crippen LogP contribution in [0.1, 0.15) is 16.1 Å². The van der Waals surface area contributed by atoms with Crippen molar-refractivity contribution in [2.24, 2.45) is 0 Å². The second-order valence-electron chi connectivity index (χ2n) is 6.03. The number of sulfonamides is 1. The summed E-state index contributed by atoms with van der Waals surface area (Å²) in [5, 5.41) is 13.4. The smallest absolute Gasteiger partial charge is 0.270 e. The number of non-ortho nitro benzene ring substituents is 1. The zero-order valence-corrected chi connectivity index (χ0v) is 16.9. The first-order chi connectivity index (χ1) is 14.2. The van der Waals surface area contributed by atoms with E-state index in [-0.39, 0.29) is 32.8 Å². The second-order valence-corrected chi connectivity index (χ2v) is 8.12. The lowest BCUT2D eigenvalue weighted by atomic mass is 10.2. The number of aromatic nitrogens is 2. The Morgan fingerprint density at radius 3 is 2.47 bits per heavy atom. The van der Waals surface area contributed by atoms with Gasteiger partial charge in [0.05, 0.1) is 20.4 Å². The molecule has 0 saturated heterocycles. The molecule has 0 aliphatic carbocycles. The number of hydrogen-bond acceptors (Lipinski definition) is 7. The predicted octanol–water partition coefficient (Wildman–Crippen LogP) is 3.40. The first kappa shape index (κ1) is 21.1. The maximum absolute atomic E-state index is 12.5. The molecule has 30 heavy (non-hydrogen) atoms. The van der Waals surface area contributed by atoms with Crippen LogP contribution in [0.4, 0.5) is 17.3 Å². The van der Waals surface area contributed by atoms with E-state index in [4.69, 9.17) is 11.6 Å². The fourth-order valence-corrected chi connectivity index (χ4v) is 3.55. The third-order valence-electron chi connectivity index (χ3n) is 3.85. The summed E-state index contributed by atoms with van der Waals surface area (Å²) < 4.78 is 27.2. The molecule has 1 aromatic heterocycles. The van der Waals surface area contributed by atoms with Gasteiger partial charge in [-0.3, -0.25) is 14.9 Å². The lowest BCUT2D eigenvalue weighted by Gasteiger charge is -2.09. The van der Waals surface area contributed by atoms with Gasteiger partial charge in [-0.1, -0.05) is 11.6 Å². The Balaban J connectivity index is 1.76. The van der Waals surface area contributed by atoms with E-state index in [1.54, 1.807) is 13.0 Å². The van der Waals surface area contributed by atoms with Gasteiger partial charge in [0, 0.05) is 29.7 Å². The highest BCUT2D eigenvalue weighted by molar-refractivity contribution is 7.92. The fraction of sp³-hybridized carbons (Fsp3) is 0.0556. The highest BCUT2D eigenvalue weighted by atomic mass is 35.5. The van der Waals surface area contributed by atoms with Crippen molar-refractivity contribution in [3.63, 3.8) is 0 Å². The Morgan fingerprint density at radius 2 is 1.83 bits per heavy atom. The third kappa shape index (κ3) is 4.88. The van der Waals surface area contributed by atoms with Crippen molar-refractivity contribution in [2.45, 2.75) is 11.8 Å². The molecule has 0 atom stereocenters. The minimum Gasteiger partial charge on any atom is -0.322 e. The number of aryl methyl sites for hydroxylation is 1. The van der Waals surface area contributed by atoms with Crippen molar-refractivity contribution in [2.75, 3.05) is 10.0 Å². The highest BCUT2D eigenvalue weighted by Crippen LogP contribution is 2.24. The molecule has 1 amide bonds. The van der Waals surface area contributed by atoms with Gasteiger partial charge in [0.25, 0.3) is 21.6 Å². The molecule has 0 unspecified atom stereocenters. The zero-order valence-electron chi connectivity index (χ0n) is 15.4. The van der Waals surface area contributed by atoms with E-state index < -0.39 is 20.9 Å². The number of carbonyl (C=O) groups is 1. The molecule has 2 N–H and O–H groups in total. The topological polar surface area (TPSA) is 144 Å².